The van der Waals surface area contributed by atoms with Crippen molar-refractivity contribution in [1.82, 2.24) is 0 Å². The number of nitrogens with one attached hydrogen (secondary N) is 1. The Morgan fingerprint density at radius 3 is 2.11 bits per heavy atom. The van der Waals surface area contributed by atoms with Crippen molar-refractivity contribution in [3.8, 4) is 17.6 Å². The molecule has 4 rings (SSSR count). The first-order valence-electron chi connectivity index (χ1n) is 11.5. The third kappa shape index (κ3) is 7.78. The fourth-order valence-electron chi connectivity index (χ4n) is 3.39. The van der Waals surface area contributed by atoms with Gasteiger partial charge in [-0.1, -0.05) is 56.1 Å². The van der Waals surface area contributed by atoms with E-state index in [1.807, 2.05) is 30.3 Å². The molecule has 0 heterocycles. The summed E-state index contributed by atoms with van der Waals surface area (Å²) in [5.74, 6) is 0.249. The van der Waals surface area contributed by atoms with Crippen molar-refractivity contribution in [3.05, 3.63) is 128 Å². The predicted molar refractivity (Wildman–Crippen MR) is 152 cm³/mol. The topological polar surface area (TPSA) is 71.3 Å². The summed E-state index contributed by atoms with van der Waals surface area (Å²) in [6.07, 6.45) is 1.47. The van der Waals surface area contributed by atoms with E-state index in [1.54, 1.807) is 54.6 Å². The van der Waals surface area contributed by atoms with Crippen LogP contribution in [-0.4, -0.2) is 5.91 Å². The Morgan fingerprint density at radius 2 is 1.45 bits per heavy atom. The molecule has 8 heteroatoms. The molecule has 0 radical (unpaired) electrons. The predicted octanol–water partition coefficient (Wildman–Crippen LogP) is 8.05. The maximum Gasteiger partial charge on any atom is 0.266 e. The molecular weight excluding hydrogens is 615 g/mol. The van der Waals surface area contributed by atoms with Crippen molar-refractivity contribution in [2.24, 2.45) is 0 Å². The maximum absolute atomic E-state index is 13.2. The van der Waals surface area contributed by atoms with Gasteiger partial charge in [0, 0.05) is 20.2 Å². The number of hydrogen-bond donors (Lipinski definition) is 1. The van der Waals surface area contributed by atoms with E-state index in [1.165, 1.54) is 18.2 Å². The Bertz CT molecular complexity index is 1480. The minimum absolute atomic E-state index is 0.0923. The highest BCUT2D eigenvalue weighted by Crippen LogP contribution is 2.27. The lowest BCUT2D eigenvalue weighted by Gasteiger charge is -2.11. The van der Waals surface area contributed by atoms with Crippen LogP contribution in [0.25, 0.3) is 6.08 Å². The number of hydrogen-bond acceptors (Lipinski definition) is 4. The van der Waals surface area contributed by atoms with E-state index in [-0.39, 0.29) is 18.0 Å². The van der Waals surface area contributed by atoms with Gasteiger partial charge in [-0.25, -0.2) is 4.39 Å². The van der Waals surface area contributed by atoms with Gasteiger partial charge in [-0.15, -0.1) is 0 Å². The molecule has 0 saturated heterocycles. The molecule has 0 aliphatic carbocycles. The van der Waals surface area contributed by atoms with E-state index < -0.39 is 5.91 Å². The van der Waals surface area contributed by atoms with Crippen LogP contribution in [0.2, 0.25) is 0 Å². The fraction of sp³-hybridized carbons (Fsp3) is 0.0667. The van der Waals surface area contributed by atoms with E-state index >= 15 is 0 Å². The van der Waals surface area contributed by atoms with E-state index in [0.29, 0.717) is 29.4 Å². The third-order valence-corrected chi connectivity index (χ3v) is 6.40. The van der Waals surface area contributed by atoms with Gasteiger partial charge in [-0.05, 0) is 83.9 Å². The first-order valence-corrected chi connectivity index (χ1v) is 13.1. The van der Waals surface area contributed by atoms with Crippen molar-refractivity contribution in [3.63, 3.8) is 0 Å². The smallest absolute Gasteiger partial charge is 0.266 e. The highest BCUT2D eigenvalue weighted by Gasteiger charge is 2.12. The van der Waals surface area contributed by atoms with Gasteiger partial charge in [0.25, 0.3) is 5.91 Å². The first-order chi connectivity index (χ1) is 18.4. The summed E-state index contributed by atoms with van der Waals surface area (Å²) in [4.78, 5) is 12.9. The average Bonchev–Trinajstić information content (AvgIpc) is 2.92. The molecule has 0 spiro atoms. The lowest BCUT2D eigenvalue weighted by atomic mass is 10.1. The highest BCUT2D eigenvalue weighted by atomic mass is 79.9. The molecule has 1 amide bonds. The summed E-state index contributed by atoms with van der Waals surface area (Å²) in [6.45, 7) is 0.617. The Kier molecular flexibility index (Phi) is 9.30. The van der Waals surface area contributed by atoms with Crippen LogP contribution in [0.5, 0.6) is 11.5 Å². The highest BCUT2D eigenvalue weighted by molar-refractivity contribution is 9.10. The molecule has 0 aliphatic heterocycles. The van der Waals surface area contributed by atoms with Crippen molar-refractivity contribution < 1.29 is 18.7 Å². The van der Waals surface area contributed by atoms with Crippen LogP contribution >= 0.6 is 31.9 Å². The Balaban J connectivity index is 1.41. The van der Waals surface area contributed by atoms with Crippen LogP contribution in [0.15, 0.2) is 106 Å². The zero-order valence-corrected chi connectivity index (χ0v) is 23.1. The number of carbonyl (C=O) groups is 1. The van der Waals surface area contributed by atoms with Gasteiger partial charge in [0.15, 0.2) is 0 Å². The molecular formula is C30H21Br2FN2O3. The number of halogens is 3. The summed E-state index contributed by atoms with van der Waals surface area (Å²) >= 11 is 6.83. The second-order valence-corrected chi connectivity index (χ2v) is 9.99. The van der Waals surface area contributed by atoms with Gasteiger partial charge < -0.3 is 14.8 Å². The molecule has 190 valence electrons. The monoisotopic (exact) mass is 634 g/mol. The van der Waals surface area contributed by atoms with Crippen LogP contribution in [0.4, 0.5) is 10.1 Å². The standard InChI is InChI=1S/C30H21Br2FN2O3/c31-24-5-1-20(2-6-24)18-37-28-12-10-27(11-13-28)35-30(36)23(17-34)15-22-16-25(32)7-14-29(22)38-19-21-3-8-26(33)9-4-21/h1-16H,18-19H2,(H,35,36)/b23-15+. The quantitative estimate of drug-likeness (QED) is 0.149. The number of ether oxygens (including phenoxy) is 2. The van der Waals surface area contributed by atoms with Crippen molar-refractivity contribution in [2.75, 3.05) is 5.32 Å². The van der Waals surface area contributed by atoms with E-state index in [2.05, 4.69) is 37.2 Å². The molecule has 1 N–H and O–H groups in total. The fourth-order valence-corrected chi connectivity index (χ4v) is 4.03. The Labute approximate surface area is 236 Å². The van der Waals surface area contributed by atoms with E-state index in [0.717, 1.165) is 20.1 Å². The van der Waals surface area contributed by atoms with Crippen LogP contribution in [0.3, 0.4) is 0 Å². The van der Waals surface area contributed by atoms with Crippen molar-refractivity contribution in [1.29, 1.82) is 5.26 Å². The second-order valence-electron chi connectivity index (χ2n) is 8.16. The summed E-state index contributed by atoms with van der Waals surface area (Å²) in [5, 5.41) is 12.4. The number of carbonyl (C=O) groups excluding carboxylic acids is 1. The minimum atomic E-state index is -0.555. The third-order valence-electron chi connectivity index (χ3n) is 5.38. The average molecular weight is 636 g/mol. The Morgan fingerprint density at radius 1 is 0.842 bits per heavy atom. The largest absolute Gasteiger partial charge is 0.489 e. The molecule has 0 bridgehead atoms. The molecule has 5 nitrogen and oxygen atoms in total. The van der Waals surface area contributed by atoms with Gasteiger partial charge in [0.05, 0.1) is 0 Å². The lowest BCUT2D eigenvalue weighted by Crippen LogP contribution is -2.13. The summed E-state index contributed by atoms with van der Waals surface area (Å²) in [6, 6.07) is 28.0. The van der Waals surface area contributed by atoms with Gasteiger partial charge in [-0.2, -0.15) is 5.26 Å². The van der Waals surface area contributed by atoms with Gasteiger partial charge in [0.1, 0.15) is 42.2 Å². The van der Waals surface area contributed by atoms with E-state index in [4.69, 9.17) is 9.47 Å². The summed E-state index contributed by atoms with van der Waals surface area (Å²) in [5.41, 5.74) is 2.79. The zero-order chi connectivity index (χ0) is 26.9. The maximum atomic E-state index is 13.2. The van der Waals surface area contributed by atoms with Crippen LogP contribution in [-0.2, 0) is 18.0 Å². The molecule has 0 fully saturated rings. The normalized spacial score (nSPS) is 10.9. The molecule has 0 aliphatic rings. The van der Waals surface area contributed by atoms with Crippen LogP contribution in [0.1, 0.15) is 16.7 Å². The molecule has 0 aromatic heterocycles. The molecule has 0 atom stereocenters. The molecule has 38 heavy (non-hydrogen) atoms. The van der Waals surface area contributed by atoms with Crippen molar-refractivity contribution in [2.45, 2.75) is 13.2 Å². The molecule has 4 aromatic rings. The van der Waals surface area contributed by atoms with E-state index in [9.17, 15) is 14.4 Å². The Hall–Kier alpha value is -3.93. The van der Waals surface area contributed by atoms with Gasteiger partial charge in [0.2, 0.25) is 0 Å². The molecule has 4 aromatic carbocycles. The number of nitriles is 1. The van der Waals surface area contributed by atoms with Crippen LogP contribution < -0.4 is 14.8 Å². The molecule has 0 unspecified atom stereocenters. The number of anilines is 1. The van der Waals surface area contributed by atoms with Gasteiger partial charge in [-0.3, -0.25) is 4.79 Å². The summed E-state index contributed by atoms with van der Waals surface area (Å²) in [7, 11) is 0. The number of amides is 1. The summed E-state index contributed by atoms with van der Waals surface area (Å²) < 4.78 is 26.6. The number of rotatable bonds is 9. The number of benzene rings is 4. The SMILES string of the molecule is N#C/C(=C\c1cc(Br)ccc1OCc1ccc(F)cc1)C(=O)Nc1ccc(OCc2ccc(Br)cc2)cc1. The second kappa shape index (κ2) is 13.0. The zero-order valence-electron chi connectivity index (χ0n) is 20.0. The van der Waals surface area contributed by atoms with Gasteiger partial charge >= 0.3 is 0 Å². The lowest BCUT2D eigenvalue weighted by molar-refractivity contribution is -0.112. The number of nitrogens with zero attached hydrogens (tertiary/aromatic N) is 1. The molecule has 0 saturated carbocycles. The van der Waals surface area contributed by atoms with Crippen LogP contribution in [0, 0.1) is 17.1 Å². The first kappa shape index (κ1) is 27.1. The van der Waals surface area contributed by atoms with Crippen molar-refractivity contribution >= 4 is 49.5 Å². The minimum Gasteiger partial charge on any atom is -0.489 e.